The number of rotatable bonds is 4. The Morgan fingerprint density at radius 1 is 1.25 bits per heavy atom. The Bertz CT molecular complexity index is 318. The molecule has 0 saturated carbocycles. The largest absolute Gasteiger partial charge is 0.330 e. The van der Waals surface area contributed by atoms with Gasteiger partial charge in [-0.1, -0.05) is 31.2 Å². The third-order valence-electron chi connectivity index (χ3n) is 3.54. The number of nitrogens with two attached hydrogens (primary N) is 1. The van der Waals surface area contributed by atoms with Gasteiger partial charge in [-0.2, -0.15) is 0 Å². The van der Waals surface area contributed by atoms with Gasteiger partial charge in [0.05, 0.1) is 0 Å². The fourth-order valence-corrected chi connectivity index (χ4v) is 2.39. The maximum absolute atomic E-state index is 5.70. The van der Waals surface area contributed by atoms with E-state index in [9.17, 15) is 0 Å². The summed E-state index contributed by atoms with van der Waals surface area (Å²) < 4.78 is 0. The highest BCUT2D eigenvalue weighted by atomic mass is 15.1. The van der Waals surface area contributed by atoms with Crippen molar-refractivity contribution in [3.05, 3.63) is 35.4 Å². The van der Waals surface area contributed by atoms with E-state index < -0.39 is 0 Å². The zero-order valence-corrected chi connectivity index (χ0v) is 10.2. The Morgan fingerprint density at radius 3 is 2.50 bits per heavy atom. The van der Waals surface area contributed by atoms with Gasteiger partial charge in [0, 0.05) is 13.1 Å². The quantitative estimate of drug-likeness (QED) is 0.838. The average Bonchev–Trinajstić information content (AvgIpc) is 2.78. The Morgan fingerprint density at radius 2 is 1.94 bits per heavy atom. The van der Waals surface area contributed by atoms with Gasteiger partial charge >= 0.3 is 0 Å². The molecule has 0 amide bonds. The second-order valence-corrected chi connectivity index (χ2v) is 4.80. The molecule has 2 heteroatoms. The lowest BCUT2D eigenvalue weighted by molar-refractivity contribution is 0.318. The molecule has 1 unspecified atom stereocenters. The lowest BCUT2D eigenvalue weighted by atomic mass is 10.1. The number of benzene rings is 1. The van der Waals surface area contributed by atoms with Crippen LogP contribution in [-0.2, 0) is 13.0 Å². The van der Waals surface area contributed by atoms with Gasteiger partial charge in [-0.15, -0.1) is 0 Å². The van der Waals surface area contributed by atoms with Crippen LogP contribution >= 0.6 is 0 Å². The molecular formula is C14H22N2. The minimum atomic E-state index is 0.718. The van der Waals surface area contributed by atoms with Crippen molar-refractivity contribution in [1.29, 1.82) is 0 Å². The molecule has 1 atom stereocenters. The van der Waals surface area contributed by atoms with Crippen molar-refractivity contribution in [3.63, 3.8) is 0 Å². The van der Waals surface area contributed by atoms with E-state index in [0.29, 0.717) is 0 Å². The first-order chi connectivity index (χ1) is 7.81. The van der Waals surface area contributed by atoms with Crippen LogP contribution in [0.15, 0.2) is 24.3 Å². The van der Waals surface area contributed by atoms with E-state index in [1.807, 2.05) is 0 Å². The van der Waals surface area contributed by atoms with E-state index in [1.165, 1.54) is 30.6 Å². The summed E-state index contributed by atoms with van der Waals surface area (Å²) in [5.74, 6) is 0.718. The monoisotopic (exact) mass is 218 g/mol. The summed E-state index contributed by atoms with van der Waals surface area (Å²) in [6, 6.07) is 9.00. The van der Waals surface area contributed by atoms with Crippen molar-refractivity contribution in [1.82, 2.24) is 4.90 Å². The van der Waals surface area contributed by atoms with Gasteiger partial charge in [0.2, 0.25) is 0 Å². The van der Waals surface area contributed by atoms with Gasteiger partial charge in [0.25, 0.3) is 0 Å². The molecular weight excluding hydrogens is 196 g/mol. The molecule has 0 bridgehead atoms. The van der Waals surface area contributed by atoms with Gasteiger partial charge in [0.1, 0.15) is 0 Å². The molecule has 1 heterocycles. The molecule has 1 saturated heterocycles. The van der Waals surface area contributed by atoms with Crippen LogP contribution in [0.3, 0.4) is 0 Å². The molecule has 0 spiro atoms. The second-order valence-electron chi connectivity index (χ2n) is 4.80. The highest BCUT2D eigenvalue weighted by Gasteiger charge is 2.20. The van der Waals surface area contributed by atoms with Crippen molar-refractivity contribution in [2.75, 3.05) is 19.6 Å². The molecule has 0 radical (unpaired) electrons. The van der Waals surface area contributed by atoms with Gasteiger partial charge in [-0.3, -0.25) is 4.90 Å². The van der Waals surface area contributed by atoms with Gasteiger partial charge in [0.15, 0.2) is 0 Å². The first-order valence-electron chi connectivity index (χ1n) is 6.32. The molecule has 0 aliphatic carbocycles. The molecule has 88 valence electrons. The SMILES string of the molecule is CCc1ccc(CN2CCC(CN)C2)cc1. The smallest absolute Gasteiger partial charge is 0.0233 e. The molecule has 1 aromatic rings. The zero-order chi connectivity index (χ0) is 11.4. The van der Waals surface area contributed by atoms with Crippen molar-refractivity contribution in [2.24, 2.45) is 11.7 Å². The molecule has 2 N–H and O–H groups in total. The standard InChI is InChI=1S/C14H22N2/c1-2-12-3-5-13(6-4-12)10-16-8-7-14(9-15)11-16/h3-6,14H,2,7-11,15H2,1H3. The highest BCUT2D eigenvalue weighted by molar-refractivity contribution is 5.22. The summed E-state index contributed by atoms with van der Waals surface area (Å²) in [6.45, 7) is 6.50. The Labute approximate surface area is 98.4 Å². The fourth-order valence-electron chi connectivity index (χ4n) is 2.39. The number of hydrogen-bond donors (Lipinski definition) is 1. The molecule has 2 rings (SSSR count). The maximum Gasteiger partial charge on any atom is 0.0233 e. The Kier molecular flexibility index (Phi) is 3.97. The van der Waals surface area contributed by atoms with Crippen LogP contribution in [0.4, 0.5) is 0 Å². The summed E-state index contributed by atoms with van der Waals surface area (Å²) in [5, 5.41) is 0. The van der Waals surface area contributed by atoms with Gasteiger partial charge < -0.3 is 5.73 Å². The van der Waals surface area contributed by atoms with Crippen molar-refractivity contribution in [3.8, 4) is 0 Å². The van der Waals surface area contributed by atoms with E-state index >= 15 is 0 Å². The van der Waals surface area contributed by atoms with Crippen molar-refractivity contribution < 1.29 is 0 Å². The lowest BCUT2D eigenvalue weighted by Crippen LogP contribution is -2.22. The molecule has 16 heavy (non-hydrogen) atoms. The molecule has 1 aromatic carbocycles. The van der Waals surface area contributed by atoms with Crippen LogP contribution < -0.4 is 5.73 Å². The van der Waals surface area contributed by atoms with Gasteiger partial charge in [-0.05, 0) is 43.0 Å². The number of hydrogen-bond acceptors (Lipinski definition) is 2. The second kappa shape index (κ2) is 5.46. The Balaban J connectivity index is 1.89. The molecule has 1 fully saturated rings. The predicted octanol–water partition coefficient (Wildman–Crippen LogP) is 2.03. The summed E-state index contributed by atoms with van der Waals surface area (Å²) in [5.41, 5.74) is 8.55. The van der Waals surface area contributed by atoms with Crippen LogP contribution in [0.5, 0.6) is 0 Å². The third kappa shape index (κ3) is 2.83. The minimum absolute atomic E-state index is 0.718. The van der Waals surface area contributed by atoms with Gasteiger partial charge in [-0.25, -0.2) is 0 Å². The Hall–Kier alpha value is -0.860. The summed E-state index contributed by atoms with van der Waals surface area (Å²) >= 11 is 0. The fraction of sp³-hybridized carbons (Fsp3) is 0.571. The predicted molar refractivity (Wildman–Crippen MR) is 68.3 cm³/mol. The topological polar surface area (TPSA) is 29.3 Å². The van der Waals surface area contributed by atoms with E-state index in [4.69, 9.17) is 5.73 Å². The van der Waals surface area contributed by atoms with Crippen molar-refractivity contribution in [2.45, 2.75) is 26.3 Å². The number of likely N-dealkylation sites (tertiary alicyclic amines) is 1. The van der Waals surface area contributed by atoms with E-state index in [0.717, 1.165) is 25.4 Å². The minimum Gasteiger partial charge on any atom is -0.330 e. The number of nitrogens with zero attached hydrogens (tertiary/aromatic N) is 1. The lowest BCUT2D eigenvalue weighted by Gasteiger charge is -2.15. The number of aryl methyl sites for hydroxylation is 1. The summed E-state index contributed by atoms with van der Waals surface area (Å²) in [6.07, 6.45) is 2.39. The normalized spacial score (nSPS) is 21.5. The maximum atomic E-state index is 5.70. The summed E-state index contributed by atoms with van der Waals surface area (Å²) in [4.78, 5) is 2.51. The molecule has 1 aliphatic rings. The van der Waals surface area contributed by atoms with E-state index in [1.54, 1.807) is 0 Å². The third-order valence-corrected chi connectivity index (χ3v) is 3.54. The van der Waals surface area contributed by atoms with Crippen molar-refractivity contribution >= 4 is 0 Å². The highest BCUT2D eigenvalue weighted by Crippen LogP contribution is 2.17. The first-order valence-corrected chi connectivity index (χ1v) is 6.32. The van der Waals surface area contributed by atoms with Crippen LogP contribution in [0, 0.1) is 5.92 Å². The van der Waals surface area contributed by atoms with Crippen LogP contribution in [0.1, 0.15) is 24.5 Å². The van der Waals surface area contributed by atoms with Crippen LogP contribution in [0.2, 0.25) is 0 Å². The van der Waals surface area contributed by atoms with E-state index in [2.05, 4.69) is 36.1 Å². The molecule has 2 nitrogen and oxygen atoms in total. The average molecular weight is 218 g/mol. The molecule has 1 aliphatic heterocycles. The van der Waals surface area contributed by atoms with Crippen LogP contribution in [0.25, 0.3) is 0 Å². The zero-order valence-electron chi connectivity index (χ0n) is 10.2. The first kappa shape index (κ1) is 11.6. The molecule has 0 aromatic heterocycles. The summed E-state index contributed by atoms with van der Waals surface area (Å²) in [7, 11) is 0. The van der Waals surface area contributed by atoms with E-state index in [-0.39, 0.29) is 0 Å². The van der Waals surface area contributed by atoms with Crippen LogP contribution in [-0.4, -0.2) is 24.5 Å².